The number of nitrogens with zero attached hydrogens (tertiary/aromatic N) is 1. The monoisotopic (exact) mass is 232 g/mol. The van der Waals surface area contributed by atoms with Crippen molar-refractivity contribution in [3.05, 3.63) is 21.3 Å². The molecule has 1 heterocycles. The molecule has 0 fully saturated rings. The van der Waals surface area contributed by atoms with E-state index in [1.807, 2.05) is 12.1 Å². The molecule has 0 bridgehead atoms. The van der Waals surface area contributed by atoms with Gasteiger partial charge in [-0.05, 0) is 25.0 Å². The lowest BCUT2D eigenvalue weighted by Gasteiger charge is -2.08. The summed E-state index contributed by atoms with van der Waals surface area (Å²) in [5.74, 6) is 5.25. The van der Waals surface area contributed by atoms with Gasteiger partial charge < -0.3 is 0 Å². The average Bonchev–Trinajstić information content (AvgIpc) is 2.51. The van der Waals surface area contributed by atoms with Crippen molar-refractivity contribution < 1.29 is 4.79 Å². The molecule has 0 saturated heterocycles. The molecular weight excluding hydrogens is 220 g/mol. The number of hydrogen-bond acceptors (Lipinski definition) is 3. The van der Waals surface area contributed by atoms with Gasteiger partial charge in [0.15, 0.2) is 0 Å². The largest absolute Gasteiger partial charge is 0.284 e. The number of thiophene rings is 1. The fourth-order valence-electron chi connectivity index (χ4n) is 1.08. The zero-order chi connectivity index (χ0) is 10.6. The quantitative estimate of drug-likeness (QED) is 0.491. The molecule has 1 amide bonds. The van der Waals surface area contributed by atoms with E-state index in [-0.39, 0.29) is 5.91 Å². The average molecular weight is 233 g/mol. The maximum atomic E-state index is 11.1. The Bertz CT molecular complexity index is 312. The Balaban J connectivity index is 2.25. The molecule has 78 valence electrons. The third-order valence-electron chi connectivity index (χ3n) is 1.84. The van der Waals surface area contributed by atoms with Crippen LogP contribution in [0.5, 0.6) is 0 Å². The van der Waals surface area contributed by atoms with Gasteiger partial charge in [0.1, 0.15) is 0 Å². The molecule has 0 aliphatic heterocycles. The van der Waals surface area contributed by atoms with Crippen LogP contribution in [0.1, 0.15) is 17.7 Å². The Kier molecular flexibility index (Phi) is 4.38. The van der Waals surface area contributed by atoms with E-state index in [0.29, 0.717) is 6.42 Å². The second-order valence-corrected chi connectivity index (χ2v) is 4.86. The second kappa shape index (κ2) is 5.34. The number of rotatable bonds is 4. The first-order valence-corrected chi connectivity index (χ1v) is 5.54. The summed E-state index contributed by atoms with van der Waals surface area (Å²) in [6.07, 6.45) is 2.19. The molecule has 14 heavy (non-hydrogen) atoms. The number of halogens is 1. The third-order valence-corrected chi connectivity index (χ3v) is 3.13. The lowest BCUT2D eigenvalue weighted by atomic mass is 10.2. The molecule has 0 aliphatic carbocycles. The van der Waals surface area contributed by atoms with Gasteiger partial charge in [-0.2, -0.15) is 0 Å². The SMILES string of the molecule is CN(N)C(=O)CCCc1ccc(Cl)s1. The number of nitrogens with two attached hydrogens (primary N) is 1. The minimum Gasteiger partial charge on any atom is -0.284 e. The van der Waals surface area contributed by atoms with E-state index in [0.717, 1.165) is 22.2 Å². The summed E-state index contributed by atoms with van der Waals surface area (Å²) < 4.78 is 0.794. The smallest absolute Gasteiger partial charge is 0.236 e. The van der Waals surface area contributed by atoms with Crippen molar-refractivity contribution in [1.82, 2.24) is 5.01 Å². The van der Waals surface area contributed by atoms with E-state index in [2.05, 4.69) is 0 Å². The highest BCUT2D eigenvalue weighted by Crippen LogP contribution is 2.22. The molecule has 5 heteroatoms. The van der Waals surface area contributed by atoms with Crippen LogP contribution in [0.4, 0.5) is 0 Å². The van der Waals surface area contributed by atoms with Gasteiger partial charge in [-0.1, -0.05) is 11.6 Å². The van der Waals surface area contributed by atoms with Crippen LogP contribution in [0.25, 0.3) is 0 Å². The normalized spacial score (nSPS) is 10.2. The summed E-state index contributed by atoms with van der Waals surface area (Å²) in [7, 11) is 1.56. The summed E-state index contributed by atoms with van der Waals surface area (Å²) in [5.41, 5.74) is 0. The number of carbonyl (C=O) groups excluding carboxylic acids is 1. The highest BCUT2D eigenvalue weighted by atomic mass is 35.5. The molecule has 1 aromatic rings. The summed E-state index contributed by atoms with van der Waals surface area (Å²) in [6, 6.07) is 3.86. The van der Waals surface area contributed by atoms with Gasteiger partial charge >= 0.3 is 0 Å². The Morgan fingerprint density at radius 1 is 1.64 bits per heavy atom. The zero-order valence-corrected chi connectivity index (χ0v) is 9.57. The van der Waals surface area contributed by atoms with Crippen molar-refractivity contribution in [3.63, 3.8) is 0 Å². The van der Waals surface area contributed by atoms with Crippen molar-refractivity contribution in [2.45, 2.75) is 19.3 Å². The Morgan fingerprint density at radius 2 is 2.36 bits per heavy atom. The van der Waals surface area contributed by atoms with E-state index < -0.39 is 0 Å². The van der Waals surface area contributed by atoms with Gasteiger partial charge in [-0.15, -0.1) is 11.3 Å². The van der Waals surface area contributed by atoms with E-state index in [1.54, 1.807) is 18.4 Å². The first kappa shape index (κ1) is 11.5. The standard InChI is InChI=1S/C9H13ClN2OS/c1-12(11)9(13)4-2-3-7-5-6-8(10)14-7/h5-6H,2-4,11H2,1H3. The fraction of sp³-hybridized carbons (Fsp3) is 0.444. The van der Waals surface area contributed by atoms with Gasteiger partial charge in [0.2, 0.25) is 5.91 Å². The summed E-state index contributed by atoms with van der Waals surface area (Å²) in [4.78, 5) is 12.3. The first-order valence-electron chi connectivity index (χ1n) is 4.35. The van der Waals surface area contributed by atoms with Gasteiger partial charge in [-0.3, -0.25) is 9.80 Å². The summed E-state index contributed by atoms with van der Waals surface area (Å²) in [5, 5.41) is 1.13. The molecular formula is C9H13ClN2OS. The predicted octanol–water partition coefficient (Wildman–Crippen LogP) is 2.06. The zero-order valence-electron chi connectivity index (χ0n) is 8.00. The lowest BCUT2D eigenvalue weighted by molar-refractivity contribution is -0.130. The van der Waals surface area contributed by atoms with Crippen molar-refractivity contribution in [2.75, 3.05) is 7.05 Å². The molecule has 0 unspecified atom stereocenters. The molecule has 3 nitrogen and oxygen atoms in total. The molecule has 0 saturated carbocycles. The van der Waals surface area contributed by atoms with Crippen LogP contribution in [0, 0.1) is 0 Å². The van der Waals surface area contributed by atoms with Gasteiger partial charge in [-0.25, -0.2) is 5.84 Å². The molecule has 0 atom stereocenters. The highest BCUT2D eigenvalue weighted by Gasteiger charge is 2.04. The van der Waals surface area contributed by atoms with E-state index >= 15 is 0 Å². The third kappa shape index (κ3) is 3.65. The van der Waals surface area contributed by atoms with Crippen LogP contribution < -0.4 is 5.84 Å². The van der Waals surface area contributed by atoms with Crippen LogP contribution in [0.15, 0.2) is 12.1 Å². The topological polar surface area (TPSA) is 46.3 Å². The Morgan fingerprint density at radius 3 is 2.86 bits per heavy atom. The molecule has 0 radical (unpaired) electrons. The lowest BCUT2D eigenvalue weighted by Crippen LogP contribution is -2.32. The van der Waals surface area contributed by atoms with Gasteiger partial charge in [0, 0.05) is 18.3 Å². The van der Waals surface area contributed by atoms with Gasteiger partial charge in [0.25, 0.3) is 0 Å². The van der Waals surface area contributed by atoms with E-state index in [1.165, 1.54) is 4.88 Å². The Labute approximate surface area is 92.4 Å². The molecule has 2 N–H and O–H groups in total. The minimum absolute atomic E-state index is 0.0346. The van der Waals surface area contributed by atoms with Crippen LogP contribution in [-0.2, 0) is 11.2 Å². The highest BCUT2D eigenvalue weighted by molar-refractivity contribution is 7.16. The number of amides is 1. The molecule has 1 aromatic heterocycles. The predicted molar refractivity (Wildman–Crippen MR) is 59.2 cm³/mol. The van der Waals surface area contributed by atoms with Crippen molar-refractivity contribution >= 4 is 28.8 Å². The van der Waals surface area contributed by atoms with E-state index in [9.17, 15) is 4.79 Å². The fourth-order valence-corrected chi connectivity index (χ4v) is 2.21. The number of hydrazine groups is 1. The maximum absolute atomic E-state index is 11.1. The van der Waals surface area contributed by atoms with Crippen molar-refractivity contribution in [2.24, 2.45) is 5.84 Å². The number of aryl methyl sites for hydroxylation is 1. The minimum atomic E-state index is -0.0346. The van der Waals surface area contributed by atoms with Crippen molar-refractivity contribution in [1.29, 1.82) is 0 Å². The molecule has 0 aliphatic rings. The number of carbonyl (C=O) groups is 1. The summed E-state index contributed by atoms with van der Waals surface area (Å²) >= 11 is 7.33. The number of hydrogen-bond donors (Lipinski definition) is 1. The first-order chi connectivity index (χ1) is 6.59. The van der Waals surface area contributed by atoms with Crippen LogP contribution >= 0.6 is 22.9 Å². The van der Waals surface area contributed by atoms with Crippen LogP contribution in [0.2, 0.25) is 4.34 Å². The van der Waals surface area contributed by atoms with Crippen LogP contribution in [0.3, 0.4) is 0 Å². The molecule has 0 spiro atoms. The maximum Gasteiger partial charge on any atom is 0.236 e. The van der Waals surface area contributed by atoms with Gasteiger partial charge in [0.05, 0.1) is 4.34 Å². The van der Waals surface area contributed by atoms with Crippen molar-refractivity contribution in [3.8, 4) is 0 Å². The summed E-state index contributed by atoms with van der Waals surface area (Å²) in [6.45, 7) is 0. The molecule has 1 rings (SSSR count). The molecule has 0 aromatic carbocycles. The second-order valence-electron chi connectivity index (χ2n) is 3.06. The van der Waals surface area contributed by atoms with E-state index in [4.69, 9.17) is 17.4 Å². The van der Waals surface area contributed by atoms with Crippen LogP contribution in [-0.4, -0.2) is 18.0 Å². The Hall–Kier alpha value is -0.580.